The van der Waals surface area contributed by atoms with Crippen molar-refractivity contribution >= 4 is 5.96 Å². The van der Waals surface area contributed by atoms with Crippen molar-refractivity contribution in [2.75, 3.05) is 58.9 Å². The topological polar surface area (TPSA) is 42.9 Å². The van der Waals surface area contributed by atoms with Crippen molar-refractivity contribution in [1.82, 2.24) is 20.4 Å². The third-order valence-electron chi connectivity index (χ3n) is 4.93. The zero-order valence-electron chi connectivity index (χ0n) is 16.5. The molecule has 0 aliphatic carbocycles. The molecule has 1 aromatic rings. The molecular formula is C20H34FN5. The molecule has 1 fully saturated rings. The molecule has 146 valence electrons. The van der Waals surface area contributed by atoms with Crippen molar-refractivity contribution in [2.24, 2.45) is 4.99 Å². The second-order valence-corrected chi connectivity index (χ2v) is 6.78. The Morgan fingerprint density at radius 1 is 1.12 bits per heavy atom. The predicted molar refractivity (Wildman–Crippen MR) is 107 cm³/mol. The summed E-state index contributed by atoms with van der Waals surface area (Å²) >= 11 is 0. The lowest BCUT2D eigenvalue weighted by molar-refractivity contribution is 0.140. The van der Waals surface area contributed by atoms with Crippen LogP contribution in [0.1, 0.15) is 25.0 Å². The molecule has 1 aromatic carbocycles. The Bertz CT molecular complexity index is 567. The fourth-order valence-corrected chi connectivity index (χ4v) is 3.23. The summed E-state index contributed by atoms with van der Waals surface area (Å²) in [5, 5.41) is 6.68. The molecule has 0 radical (unpaired) electrons. The summed E-state index contributed by atoms with van der Waals surface area (Å²) in [4.78, 5) is 9.67. The van der Waals surface area contributed by atoms with Crippen LogP contribution in [0.15, 0.2) is 23.2 Å². The maximum absolute atomic E-state index is 13.2. The number of halogens is 1. The summed E-state index contributed by atoms with van der Waals surface area (Å²) in [6.45, 7) is 15.4. The van der Waals surface area contributed by atoms with Crippen LogP contribution in [0.2, 0.25) is 0 Å². The highest BCUT2D eigenvalue weighted by atomic mass is 19.1. The number of rotatable bonds is 8. The molecule has 0 spiro atoms. The molecule has 1 heterocycles. The van der Waals surface area contributed by atoms with E-state index in [-0.39, 0.29) is 5.82 Å². The molecule has 1 aliphatic heterocycles. The van der Waals surface area contributed by atoms with Gasteiger partial charge in [0.05, 0.1) is 6.54 Å². The Hall–Kier alpha value is -1.66. The van der Waals surface area contributed by atoms with Gasteiger partial charge < -0.3 is 15.5 Å². The van der Waals surface area contributed by atoms with Crippen LogP contribution in [0.25, 0.3) is 0 Å². The lowest BCUT2D eigenvalue weighted by atomic mass is 10.1. The standard InChI is InChI=1S/C20H34FN5/c1-4-22-20(23-9-8-18-6-7-19(21)16-17(18)3)24-10-11-26-14-12-25(5-2)13-15-26/h6-7,16H,4-5,8-15H2,1-3H3,(H2,22,23,24). The highest BCUT2D eigenvalue weighted by molar-refractivity contribution is 5.79. The van der Waals surface area contributed by atoms with Crippen molar-refractivity contribution in [3.05, 3.63) is 35.1 Å². The molecule has 0 unspecified atom stereocenters. The number of nitrogens with zero attached hydrogens (tertiary/aromatic N) is 3. The minimum Gasteiger partial charge on any atom is -0.357 e. The summed E-state index contributed by atoms with van der Waals surface area (Å²) in [5.41, 5.74) is 2.17. The Balaban J connectivity index is 1.74. The molecule has 1 saturated heterocycles. The monoisotopic (exact) mass is 363 g/mol. The van der Waals surface area contributed by atoms with Crippen LogP contribution in [0.4, 0.5) is 4.39 Å². The first-order valence-corrected chi connectivity index (χ1v) is 9.84. The van der Waals surface area contributed by atoms with Gasteiger partial charge in [0, 0.05) is 45.8 Å². The number of likely N-dealkylation sites (N-methyl/N-ethyl adjacent to an activating group) is 1. The van der Waals surface area contributed by atoms with Gasteiger partial charge >= 0.3 is 0 Å². The quantitative estimate of drug-likeness (QED) is 0.547. The Morgan fingerprint density at radius 2 is 1.85 bits per heavy atom. The maximum Gasteiger partial charge on any atom is 0.191 e. The average molecular weight is 364 g/mol. The van der Waals surface area contributed by atoms with E-state index in [0.717, 1.165) is 76.8 Å². The third kappa shape index (κ3) is 6.92. The van der Waals surface area contributed by atoms with Crippen LogP contribution in [0, 0.1) is 12.7 Å². The highest BCUT2D eigenvalue weighted by Crippen LogP contribution is 2.10. The summed E-state index contributed by atoms with van der Waals surface area (Å²) in [6.07, 6.45) is 0.857. The van der Waals surface area contributed by atoms with Crippen molar-refractivity contribution < 1.29 is 4.39 Å². The number of hydrogen-bond donors (Lipinski definition) is 2. The number of piperazine rings is 1. The summed E-state index contributed by atoms with van der Waals surface area (Å²) < 4.78 is 13.2. The number of nitrogens with one attached hydrogen (secondary N) is 2. The van der Waals surface area contributed by atoms with Crippen molar-refractivity contribution in [2.45, 2.75) is 27.2 Å². The Labute approximate surface area is 157 Å². The van der Waals surface area contributed by atoms with Gasteiger partial charge in [-0.25, -0.2) is 4.39 Å². The summed E-state index contributed by atoms with van der Waals surface area (Å²) in [5.74, 6) is 0.688. The molecule has 2 N–H and O–H groups in total. The van der Waals surface area contributed by atoms with Crippen molar-refractivity contribution in [3.63, 3.8) is 0 Å². The highest BCUT2D eigenvalue weighted by Gasteiger charge is 2.14. The minimum atomic E-state index is -0.172. The number of hydrogen-bond acceptors (Lipinski definition) is 3. The second kappa shape index (κ2) is 11.1. The van der Waals surface area contributed by atoms with Gasteiger partial charge in [-0.05, 0) is 50.1 Å². The number of benzene rings is 1. The zero-order valence-corrected chi connectivity index (χ0v) is 16.5. The van der Waals surface area contributed by atoms with Gasteiger partial charge in [-0.15, -0.1) is 0 Å². The van der Waals surface area contributed by atoms with Gasteiger partial charge in [-0.2, -0.15) is 0 Å². The van der Waals surface area contributed by atoms with E-state index >= 15 is 0 Å². The van der Waals surface area contributed by atoms with Gasteiger partial charge in [-0.3, -0.25) is 9.89 Å². The fraction of sp³-hybridized carbons (Fsp3) is 0.650. The van der Waals surface area contributed by atoms with E-state index in [4.69, 9.17) is 4.99 Å². The maximum atomic E-state index is 13.2. The lowest BCUT2D eigenvalue weighted by Crippen LogP contribution is -2.47. The number of aryl methyl sites for hydroxylation is 1. The van der Waals surface area contributed by atoms with E-state index in [1.807, 2.05) is 13.0 Å². The first-order chi connectivity index (χ1) is 12.6. The molecule has 0 aromatic heterocycles. The first kappa shape index (κ1) is 20.6. The Morgan fingerprint density at radius 3 is 2.50 bits per heavy atom. The van der Waals surface area contributed by atoms with Crippen LogP contribution in [0.3, 0.4) is 0 Å². The fourth-order valence-electron chi connectivity index (χ4n) is 3.23. The van der Waals surface area contributed by atoms with E-state index < -0.39 is 0 Å². The molecule has 26 heavy (non-hydrogen) atoms. The lowest BCUT2D eigenvalue weighted by Gasteiger charge is -2.33. The second-order valence-electron chi connectivity index (χ2n) is 6.78. The van der Waals surface area contributed by atoms with Gasteiger partial charge in [0.1, 0.15) is 5.82 Å². The number of aliphatic imine (C=N–C) groups is 1. The van der Waals surface area contributed by atoms with E-state index in [1.54, 1.807) is 6.07 Å². The van der Waals surface area contributed by atoms with Gasteiger partial charge in [-0.1, -0.05) is 13.0 Å². The van der Waals surface area contributed by atoms with Crippen LogP contribution in [-0.2, 0) is 6.42 Å². The molecule has 2 rings (SSSR count). The molecule has 5 nitrogen and oxygen atoms in total. The summed E-state index contributed by atoms with van der Waals surface area (Å²) in [6, 6.07) is 4.99. The third-order valence-corrected chi connectivity index (χ3v) is 4.93. The smallest absolute Gasteiger partial charge is 0.191 e. The minimum absolute atomic E-state index is 0.172. The van der Waals surface area contributed by atoms with Crippen LogP contribution in [-0.4, -0.2) is 74.7 Å². The van der Waals surface area contributed by atoms with Crippen LogP contribution in [0.5, 0.6) is 0 Å². The summed E-state index contributed by atoms with van der Waals surface area (Å²) in [7, 11) is 0. The van der Waals surface area contributed by atoms with Crippen LogP contribution >= 0.6 is 0 Å². The molecule has 0 atom stereocenters. The molecular weight excluding hydrogens is 329 g/mol. The zero-order chi connectivity index (χ0) is 18.8. The van der Waals surface area contributed by atoms with Gasteiger partial charge in [0.25, 0.3) is 0 Å². The Kier molecular flexibility index (Phi) is 8.85. The van der Waals surface area contributed by atoms with Crippen LogP contribution < -0.4 is 10.6 Å². The predicted octanol–water partition coefficient (Wildman–Crippen LogP) is 1.87. The molecule has 1 aliphatic rings. The molecule has 0 saturated carbocycles. The number of guanidine groups is 1. The first-order valence-electron chi connectivity index (χ1n) is 9.84. The molecule has 0 bridgehead atoms. The average Bonchev–Trinajstić information content (AvgIpc) is 2.64. The van der Waals surface area contributed by atoms with E-state index in [2.05, 4.69) is 34.3 Å². The SMILES string of the molecule is CCNC(=NCCN1CCN(CC)CC1)NCCc1ccc(F)cc1C. The van der Waals surface area contributed by atoms with E-state index in [1.165, 1.54) is 11.6 Å². The molecule has 0 amide bonds. The normalized spacial score (nSPS) is 16.7. The van der Waals surface area contributed by atoms with Crippen molar-refractivity contribution in [3.8, 4) is 0 Å². The van der Waals surface area contributed by atoms with Crippen molar-refractivity contribution in [1.29, 1.82) is 0 Å². The van der Waals surface area contributed by atoms with E-state index in [9.17, 15) is 4.39 Å². The molecule has 6 heteroatoms. The van der Waals surface area contributed by atoms with Gasteiger partial charge in [0.15, 0.2) is 5.96 Å². The van der Waals surface area contributed by atoms with Gasteiger partial charge in [0.2, 0.25) is 0 Å². The largest absolute Gasteiger partial charge is 0.357 e. The van der Waals surface area contributed by atoms with E-state index in [0.29, 0.717) is 0 Å².